The van der Waals surface area contributed by atoms with Crippen molar-refractivity contribution in [2.45, 2.75) is 13.3 Å². The molecule has 0 heterocycles. The summed E-state index contributed by atoms with van der Waals surface area (Å²) in [6, 6.07) is 14.2. The van der Waals surface area contributed by atoms with E-state index < -0.39 is 0 Å². The lowest BCUT2D eigenvalue weighted by atomic mass is 10.2. The van der Waals surface area contributed by atoms with Crippen molar-refractivity contribution >= 4 is 29.1 Å². The Morgan fingerprint density at radius 3 is 2.50 bits per heavy atom. The van der Waals surface area contributed by atoms with Crippen molar-refractivity contribution in [2.75, 3.05) is 11.9 Å². The van der Waals surface area contributed by atoms with Crippen LogP contribution < -0.4 is 10.6 Å². The number of carbonyl (C=O) groups is 2. The molecule has 2 rings (SSSR count). The summed E-state index contributed by atoms with van der Waals surface area (Å²) in [6.07, 6.45) is 0.209. The molecule has 0 aliphatic heterocycles. The molecule has 0 aliphatic carbocycles. The second kappa shape index (κ2) is 7.61. The number of hydrogen-bond donors (Lipinski definition) is 2. The third-order valence-electron chi connectivity index (χ3n) is 3.14. The third kappa shape index (κ3) is 4.60. The van der Waals surface area contributed by atoms with Crippen LogP contribution in [0.2, 0.25) is 5.02 Å². The van der Waals surface area contributed by atoms with Crippen LogP contribution in [-0.2, 0) is 4.79 Å². The van der Waals surface area contributed by atoms with Gasteiger partial charge in [-0.05, 0) is 42.8 Å². The van der Waals surface area contributed by atoms with Gasteiger partial charge >= 0.3 is 0 Å². The number of rotatable bonds is 5. The minimum absolute atomic E-state index is 0.154. The predicted molar refractivity (Wildman–Crippen MR) is 88.2 cm³/mol. The molecule has 2 N–H and O–H groups in total. The SMILES string of the molecule is Cc1cc(Cl)ccc1NC(=O)CCNC(=O)c1ccccc1. The molecule has 0 bridgehead atoms. The lowest BCUT2D eigenvalue weighted by Gasteiger charge is -2.09. The van der Waals surface area contributed by atoms with Gasteiger partial charge in [0.2, 0.25) is 5.91 Å². The van der Waals surface area contributed by atoms with Crippen molar-refractivity contribution in [1.29, 1.82) is 0 Å². The molecule has 0 aromatic heterocycles. The quantitative estimate of drug-likeness (QED) is 0.888. The van der Waals surface area contributed by atoms with Crippen molar-refractivity contribution < 1.29 is 9.59 Å². The Morgan fingerprint density at radius 2 is 1.82 bits per heavy atom. The zero-order valence-corrected chi connectivity index (χ0v) is 13.0. The summed E-state index contributed by atoms with van der Waals surface area (Å²) in [5.41, 5.74) is 2.20. The number of carbonyl (C=O) groups excluding carboxylic acids is 2. The Labute approximate surface area is 134 Å². The van der Waals surface area contributed by atoms with Gasteiger partial charge in [0.15, 0.2) is 0 Å². The van der Waals surface area contributed by atoms with Gasteiger partial charge in [0, 0.05) is 29.2 Å². The molecule has 0 spiro atoms. The summed E-state index contributed by atoms with van der Waals surface area (Å²) in [5, 5.41) is 6.15. The van der Waals surface area contributed by atoms with Gasteiger partial charge < -0.3 is 10.6 Å². The van der Waals surface area contributed by atoms with Gasteiger partial charge in [-0.2, -0.15) is 0 Å². The number of hydrogen-bond acceptors (Lipinski definition) is 2. The monoisotopic (exact) mass is 316 g/mol. The summed E-state index contributed by atoms with van der Waals surface area (Å²) in [6.45, 7) is 2.16. The van der Waals surface area contributed by atoms with Gasteiger partial charge in [0.05, 0.1) is 0 Å². The maximum absolute atomic E-state index is 11.9. The van der Waals surface area contributed by atoms with E-state index in [4.69, 9.17) is 11.6 Å². The first-order chi connectivity index (χ1) is 10.6. The smallest absolute Gasteiger partial charge is 0.251 e. The van der Waals surface area contributed by atoms with Crippen LogP contribution in [0.1, 0.15) is 22.3 Å². The fourth-order valence-corrected chi connectivity index (χ4v) is 2.19. The second-order valence-corrected chi connectivity index (χ2v) is 5.32. The van der Waals surface area contributed by atoms with E-state index >= 15 is 0 Å². The molecule has 4 nitrogen and oxygen atoms in total. The minimum atomic E-state index is -0.184. The van der Waals surface area contributed by atoms with Gasteiger partial charge in [-0.1, -0.05) is 29.8 Å². The zero-order valence-electron chi connectivity index (χ0n) is 12.2. The topological polar surface area (TPSA) is 58.2 Å². The first-order valence-electron chi connectivity index (χ1n) is 6.95. The van der Waals surface area contributed by atoms with Crippen LogP contribution in [0.5, 0.6) is 0 Å². The van der Waals surface area contributed by atoms with Gasteiger partial charge in [-0.25, -0.2) is 0 Å². The fourth-order valence-electron chi connectivity index (χ4n) is 1.96. The highest BCUT2D eigenvalue weighted by Gasteiger charge is 2.07. The highest BCUT2D eigenvalue weighted by atomic mass is 35.5. The summed E-state index contributed by atoms with van der Waals surface area (Å²) in [4.78, 5) is 23.7. The van der Waals surface area contributed by atoms with Gasteiger partial charge in [-0.15, -0.1) is 0 Å². The summed E-state index contributed by atoms with van der Waals surface area (Å²) in [7, 11) is 0. The molecule has 2 amide bonds. The molecule has 0 fully saturated rings. The van der Waals surface area contributed by atoms with Crippen molar-refractivity contribution in [3.63, 3.8) is 0 Å². The highest BCUT2D eigenvalue weighted by Crippen LogP contribution is 2.19. The summed E-state index contributed by atoms with van der Waals surface area (Å²) in [5.74, 6) is -0.338. The van der Waals surface area contributed by atoms with E-state index in [9.17, 15) is 9.59 Å². The second-order valence-electron chi connectivity index (χ2n) is 4.88. The van der Waals surface area contributed by atoms with E-state index in [1.807, 2.05) is 13.0 Å². The number of nitrogens with one attached hydrogen (secondary N) is 2. The Balaban J connectivity index is 1.80. The molecule has 0 radical (unpaired) electrons. The summed E-state index contributed by atoms with van der Waals surface area (Å²) >= 11 is 5.87. The van der Waals surface area contributed by atoms with Crippen molar-refractivity contribution in [3.8, 4) is 0 Å². The Morgan fingerprint density at radius 1 is 1.09 bits per heavy atom. The molecular formula is C17H17ClN2O2. The van der Waals surface area contributed by atoms with E-state index in [2.05, 4.69) is 10.6 Å². The third-order valence-corrected chi connectivity index (χ3v) is 3.37. The number of halogens is 1. The van der Waals surface area contributed by atoms with E-state index in [0.29, 0.717) is 10.6 Å². The van der Waals surface area contributed by atoms with E-state index in [1.165, 1.54) is 0 Å². The van der Waals surface area contributed by atoms with Gasteiger partial charge in [0.1, 0.15) is 0 Å². The van der Waals surface area contributed by atoms with Crippen molar-refractivity contribution in [2.24, 2.45) is 0 Å². The molecule has 0 saturated heterocycles. The highest BCUT2D eigenvalue weighted by molar-refractivity contribution is 6.30. The molecule has 0 saturated carbocycles. The van der Waals surface area contributed by atoms with E-state index in [-0.39, 0.29) is 24.8 Å². The lowest BCUT2D eigenvalue weighted by Crippen LogP contribution is -2.27. The number of benzene rings is 2. The zero-order chi connectivity index (χ0) is 15.9. The molecule has 0 aliphatic rings. The molecule has 114 valence electrons. The van der Waals surface area contributed by atoms with Crippen LogP contribution in [0.3, 0.4) is 0 Å². The van der Waals surface area contributed by atoms with Crippen LogP contribution in [0, 0.1) is 6.92 Å². The number of amides is 2. The molecule has 22 heavy (non-hydrogen) atoms. The molecule has 2 aromatic carbocycles. The molecule has 0 unspecified atom stereocenters. The van der Waals surface area contributed by atoms with Gasteiger partial charge in [0.25, 0.3) is 5.91 Å². The van der Waals surface area contributed by atoms with Crippen LogP contribution in [0.4, 0.5) is 5.69 Å². The van der Waals surface area contributed by atoms with Crippen LogP contribution in [-0.4, -0.2) is 18.4 Å². The Kier molecular flexibility index (Phi) is 5.55. The molecule has 2 aromatic rings. The van der Waals surface area contributed by atoms with E-state index in [1.54, 1.807) is 42.5 Å². The maximum atomic E-state index is 11.9. The largest absolute Gasteiger partial charge is 0.352 e. The average Bonchev–Trinajstić information content (AvgIpc) is 2.51. The van der Waals surface area contributed by atoms with Crippen LogP contribution in [0.25, 0.3) is 0 Å². The minimum Gasteiger partial charge on any atom is -0.352 e. The van der Waals surface area contributed by atoms with Gasteiger partial charge in [-0.3, -0.25) is 9.59 Å². The van der Waals surface area contributed by atoms with Crippen molar-refractivity contribution in [1.82, 2.24) is 5.32 Å². The molecule has 5 heteroatoms. The van der Waals surface area contributed by atoms with Crippen LogP contribution >= 0.6 is 11.6 Å². The molecule has 0 atom stereocenters. The fraction of sp³-hybridized carbons (Fsp3) is 0.176. The van der Waals surface area contributed by atoms with E-state index in [0.717, 1.165) is 11.3 Å². The summed E-state index contributed by atoms with van der Waals surface area (Å²) < 4.78 is 0. The predicted octanol–water partition coefficient (Wildman–Crippen LogP) is 3.41. The average molecular weight is 317 g/mol. The Hall–Kier alpha value is -2.33. The maximum Gasteiger partial charge on any atom is 0.251 e. The normalized spacial score (nSPS) is 10.1. The number of anilines is 1. The lowest BCUT2D eigenvalue weighted by molar-refractivity contribution is -0.116. The van der Waals surface area contributed by atoms with Crippen molar-refractivity contribution in [3.05, 3.63) is 64.7 Å². The first-order valence-corrected chi connectivity index (χ1v) is 7.33. The number of aryl methyl sites for hydroxylation is 1. The first kappa shape index (κ1) is 16.0. The molecular weight excluding hydrogens is 300 g/mol. The van der Waals surface area contributed by atoms with Crippen LogP contribution in [0.15, 0.2) is 48.5 Å². The standard InChI is InChI=1S/C17H17ClN2O2/c1-12-11-14(18)7-8-15(12)20-16(21)9-10-19-17(22)13-5-3-2-4-6-13/h2-8,11H,9-10H2,1H3,(H,19,22)(H,20,21). The Bertz CT molecular complexity index is 672.